The zero-order valence-corrected chi connectivity index (χ0v) is 9.30. The smallest absolute Gasteiger partial charge is 0.125 e. The minimum atomic E-state index is 0.517. The number of alkyl halides is 1. The van der Waals surface area contributed by atoms with Crippen molar-refractivity contribution in [2.75, 3.05) is 6.61 Å². The van der Waals surface area contributed by atoms with Crippen molar-refractivity contribution in [1.82, 2.24) is 0 Å². The van der Waals surface area contributed by atoms with Gasteiger partial charge in [0.25, 0.3) is 0 Å². The number of hydrogen-bond donors (Lipinski definition) is 0. The fourth-order valence-electron chi connectivity index (χ4n) is 1.75. The molecule has 1 aromatic carbocycles. The third-order valence-electron chi connectivity index (χ3n) is 2.30. The summed E-state index contributed by atoms with van der Waals surface area (Å²) in [6.07, 6.45) is 2.11. The molecule has 1 heterocycles. The summed E-state index contributed by atoms with van der Waals surface area (Å²) < 4.78 is 5.61. The highest BCUT2D eigenvalue weighted by Gasteiger charge is 2.16. The number of rotatable bonds is 2. The van der Waals surface area contributed by atoms with E-state index in [2.05, 4.69) is 41.1 Å². The lowest BCUT2D eigenvalue weighted by Gasteiger charge is -2.08. The van der Waals surface area contributed by atoms with E-state index in [1.54, 1.807) is 0 Å². The topological polar surface area (TPSA) is 9.23 Å². The molecule has 0 spiro atoms. The Balaban J connectivity index is 2.30. The Bertz CT molecular complexity index is 307. The second-order valence-electron chi connectivity index (χ2n) is 3.49. The van der Waals surface area contributed by atoms with Crippen LogP contribution in [0.15, 0.2) is 18.2 Å². The van der Waals surface area contributed by atoms with Gasteiger partial charge in [-0.25, -0.2) is 0 Å². The number of hydrogen-bond acceptors (Lipinski definition) is 1. The Morgan fingerprint density at radius 3 is 3.15 bits per heavy atom. The van der Waals surface area contributed by atoms with E-state index in [1.807, 2.05) is 0 Å². The van der Waals surface area contributed by atoms with Gasteiger partial charge in [-0.2, -0.15) is 0 Å². The Hall–Kier alpha value is -0.500. The Morgan fingerprint density at radius 2 is 2.38 bits per heavy atom. The molecule has 1 nitrogen and oxygen atoms in total. The molecule has 0 radical (unpaired) electrons. The van der Waals surface area contributed by atoms with E-state index in [-0.39, 0.29) is 0 Å². The summed E-state index contributed by atoms with van der Waals surface area (Å²) in [7, 11) is 0. The summed E-state index contributed by atoms with van der Waals surface area (Å²) in [5, 5.41) is 0. The molecule has 0 amide bonds. The van der Waals surface area contributed by atoms with Gasteiger partial charge in [0.2, 0.25) is 0 Å². The monoisotopic (exact) mass is 240 g/mol. The van der Waals surface area contributed by atoms with Gasteiger partial charge in [-0.3, -0.25) is 0 Å². The fourth-order valence-corrected chi connectivity index (χ4v) is 2.10. The van der Waals surface area contributed by atoms with Crippen LogP contribution in [0.3, 0.4) is 0 Å². The molecule has 0 aromatic heterocycles. The van der Waals surface area contributed by atoms with Crippen molar-refractivity contribution in [3.63, 3.8) is 0 Å². The summed E-state index contributed by atoms with van der Waals surface area (Å²) in [5.41, 5.74) is 2.70. The van der Waals surface area contributed by atoms with Crippen molar-refractivity contribution >= 4 is 15.9 Å². The van der Waals surface area contributed by atoms with Crippen molar-refractivity contribution in [1.29, 1.82) is 0 Å². The van der Waals surface area contributed by atoms with Crippen LogP contribution in [0.25, 0.3) is 0 Å². The number of halogens is 1. The molecule has 70 valence electrons. The van der Waals surface area contributed by atoms with E-state index in [4.69, 9.17) is 4.74 Å². The van der Waals surface area contributed by atoms with Crippen molar-refractivity contribution in [2.24, 2.45) is 0 Å². The Labute approximate surface area is 87.2 Å². The predicted octanol–water partition coefficient (Wildman–Crippen LogP) is 2.95. The third-order valence-corrected chi connectivity index (χ3v) is 2.62. The molecule has 1 aliphatic heterocycles. The molecular weight excluding hydrogens is 228 g/mol. The summed E-state index contributed by atoms with van der Waals surface area (Å²) in [4.78, 5) is 0.517. The highest BCUT2D eigenvalue weighted by Crippen LogP contribution is 2.30. The van der Waals surface area contributed by atoms with Crippen molar-refractivity contribution < 1.29 is 4.74 Å². The molecule has 1 aliphatic rings. The molecule has 2 rings (SSSR count). The van der Waals surface area contributed by atoms with E-state index in [0.29, 0.717) is 4.83 Å². The van der Waals surface area contributed by atoms with Gasteiger partial charge in [0.15, 0.2) is 0 Å². The summed E-state index contributed by atoms with van der Waals surface area (Å²) in [6.45, 7) is 3.01. The molecule has 0 fully saturated rings. The van der Waals surface area contributed by atoms with E-state index >= 15 is 0 Å². The minimum absolute atomic E-state index is 0.517. The molecular formula is C11H13BrO. The largest absolute Gasteiger partial charge is 0.493 e. The predicted molar refractivity (Wildman–Crippen MR) is 57.7 cm³/mol. The molecule has 0 saturated heterocycles. The van der Waals surface area contributed by atoms with Gasteiger partial charge in [-0.15, -0.1) is 0 Å². The van der Waals surface area contributed by atoms with Gasteiger partial charge in [0.1, 0.15) is 5.75 Å². The van der Waals surface area contributed by atoms with Crippen LogP contribution in [0, 0.1) is 0 Å². The molecule has 0 saturated carbocycles. The van der Waals surface area contributed by atoms with E-state index in [0.717, 1.165) is 25.2 Å². The fraction of sp³-hybridized carbons (Fsp3) is 0.455. The van der Waals surface area contributed by atoms with Gasteiger partial charge < -0.3 is 4.74 Å². The van der Waals surface area contributed by atoms with Crippen LogP contribution in [-0.2, 0) is 12.8 Å². The molecule has 1 atom stereocenters. The second kappa shape index (κ2) is 3.70. The van der Waals surface area contributed by atoms with Crippen molar-refractivity contribution in [3.05, 3.63) is 29.3 Å². The first-order valence-corrected chi connectivity index (χ1v) is 5.56. The second-order valence-corrected chi connectivity index (χ2v) is 5.05. The first-order valence-electron chi connectivity index (χ1n) is 4.65. The van der Waals surface area contributed by atoms with Gasteiger partial charge in [0.05, 0.1) is 6.61 Å². The summed E-state index contributed by atoms with van der Waals surface area (Å²) in [6, 6.07) is 6.44. The normalized spacial score (nSPS) is 16.5. The van der Waals surface area contributed by atoms with Crippen LogP contribution in [-0.4, -0.2) is 11.4 Å². The summed E-state index contributed by atoms with van der Waals surface area (Å²) in [5.74, 6) is 1.13. The average molecular weight is 241 g/mol. The minimum Gasteiger partial charge on any atom is -0.493 e. The molecule has 1 aromatic rings. The Kier molecular flexibility index (Phi) is 2.58. The molecule has 0 bridgehead atoms. The number of fused-ring (bicyclic) bond motifs is 1. The maximum atomic E-state index is 5.61. The SMILES string of the molecule is CC(Br)Cc1cccc2c1OCC2. The van der Waals surface area contributed by atoms with E-state index in [1.165, 1.54) is 11.1 Å². The number of benzene rings is 1. The molecule has 1 unspecified atom stereocenters. The quantitative estimate of drug-likeness (QED) is 0.723. The Morgan fingerprint density at radius 1 is 1.54 bits per heavy atom. The highest BCUT2D eigenvalue weighted by molar-refractivity contribution is 9.09. The average Bonchev–Trinajstić information content (AvgIpc) is 2.51. The lowest BCUT2D eigenvalue weighted by molar-refractivity contribution is 0.353. The van der Waals surface area contributed by atoms with Crippen LogP contribution >= 0.6 is 15.9 Å². The zero-order valence-electron chi connectivity index (χ0n) is 7.72. The highest BCUT2D eigenvalue weighted by atomic mass is 79.9. The molecule has 0 aliphatic carbocycles. The summed E-state index contributed by atoms with van der Waals surface area (Å²) >= 11 is 3.56. The van der Waals surface area contributed by atoms with Crippen molar-refractivity contribution in [2.45, 2.75) is 24.6 Å². The molecule has 2 heteroatoms. The standard InChI is InChI=1S/C11H13BrO/c1-8(12)7-10-4-2-3-9-5-6-13-11(9)10/h2-4,8H,5-7H2,1H3. The molecule has 13 heavy (non-hydrogen) atoms. The molecule has 0 N–H and O–H groups in total. The van der Waals surface area contributed by atoms with Gasteiger partial charge in [0, 0.05) is 11.2 Å². The maximum absolute atomic E-state index is 5.61. The lowest BCUT2D eigenvalue weighted by atomic mass is 10.0. The lowest BCUT2D eigenvalue weighted by Crippen LogP contribution is -1.98. The van der Waals surface area contributed by atoms with Crippen molar-refractivity contribution in [3.8, 4) is 5.75 Å². The van der Waals surface area contributed by atoms with Crippen LogP contribution in [0.5, 0.6) is 5.75 Å². The maximum Gasteiger partial charge on any atom is 0.125 e. The first kappa shape index (κ1) is 9.07. The van der Waals surface area contributed by atoms with Gasteiger partial charge >= 0.3 is 0 Å². The number of para-hydroxylation sites is 1. The first-order chi connectivity index (χ1) is 6.27. The van der Waals surface area contributed by atoms with E-state index in [9.17, 15) is 0 Å². The van der Waals surface area contributed by atoms with Crippen LogP contribution in [0.2, 0.25) is 0 Å². The number of ether oxygens (including phenoxy) is 1. The van der Waals surface area contributed by atoms with Gasteiger partial charge in [-0.05, 0) is 17.5 Å². The van der Waals surface area contributed by atoms with Crippen LogP contribution in [0.1, 0.15) is 18.1 Å². The third kappa shape index (κ3) is 1.88. The van der Waals surface area contributed by atoms with E-state index < -0.39 is 0 Å². The van der Waals surface area contributed by atoms with Crippen LogP contribution in [0.4, 0.5) is 0 Å². The van der Waals surface area contributed by atoms with Crippen LogP contribution < -0.4 is 4.74 Å². The zero-order chi connectivity index (χ0) is 9.26. The van der Waals surface area contributed by atoms with Gasteiger partial charge in [-0.1, -0.05) is 41.1 Å².